The van der Waals surface area contributed by atoms with E-state index in [0.29, 0.717) is 16.7 Å². The fourth-order valence-corrected chi connectivity index (χ4v) is 3.22. The highest BCUT2D eigenvalue weighted by molar-refractivity contribution is 9.10. The average Bonchev–Trinajstić information content (AvgIpc) is 2.80. The molecule has 0 unspecified atom stereocenters. The van der Waals surface area contributed by atoms with Gasteiger partial charge in [-0.15, -0.1) is 10.2 Å². The first kappa shape index (κ1) is 17.5. The van der Waals surface area contributed by atoms with Crippen molar-refractivity contribution in [2.24, 2.45) is 5.73 Å². The maximum Gasteiger partial charge on any atom is 0.237 e. The van der Waals surface area contributed by atoms with Crippen LogP contribution >= 0.6 is 27.7 Å². The summed E-state index contributed by atoms with van der Waals surface area (Å²) in [5.41, 5.74) is 7.00. The Morgan fingerprint density at radius 2 is 2.09 bits per heavy atom. The topological polar surface area (TPSA) is 103 Å². The number of hydrogen-bond donors (Lipinski definition) is 2. The van der Waals surface area contributed by atoms with Gasteiger partial charge in [0, 0.05) is 4.47 Å². The smallest absolute Gasteiger partial charge is 0.237 e. The quantitative estimate of drug-likeness (QED) is 0.724. The number of thioether (sulfide) groups is 1. The maximum atomic E-state index is 12.1. The van der Waals surface area contributed by atoms with E-state index in [-0.39, 0.29) is 18.2 Å². The molecule has 122 valence electrons. The van der Waals surface area contributed by atoms with Gasteiger partial charge in [0.1, 0.15) is 12.4 Å². The number of amides is 2. The van der Waals surface area contributed by atoms with E-state index >= 15 is 0 Å². The lowest BCUT2D eigenvalue weighted by molar-refractivity contribution is -0.118. The second-order valence-corrected chi connectivity index (χ2v) is 6.70. The Morgan fingerprint density at radius 1 is 1.35 bits per heavy atom. The molecule has 1 aromatic heterocycles. The fraction of sp³-hybridized carbons (Fsp3) is 0.286. The monoisotopic (exact) mass is 397 g/mol. The van der Waals surface area contributed by atoms with Crippen LogP contribution in [0.25, 0.3) is 0 Å². The first-order valence-corrected chi connectivity index (χ1v) is 8.51. The van der Waals surface area contributed by atoms with Crippen LogP contribution in [0.4, 0.5) is 5.69 Å². The second kappa shape index (κ2) is 7.60. The van der Waals surface area contributed by atoms with Crippen LogP contribution in [0, 0.1) is 13.8 Å². The first-order chi connectivity index (χ1) is 10.9. The van der Waals surface area contributed by atoms with Gasteiger partial charge in [0.25, 0.3) is 0 Å². The van der Waals surface area contributed by atoms with Gasteiger partial charge in [-0.3, -0.25) is 14.2 Å². The normalized spacial score (nSPS) is 10.6. The Bertz CT molecular complexity index is 747. The predicted molar refractivity (Wildman–Crippen MR) is 92.2 cm³/mol. The maximum absolute atomic E-state index is 12.1. The highest BCUT2D eigenvalue weighted by Crippen LogP contribution is 2.24. The molecule has 0 atom stereocenters. The highest BCUT2D eigenvalue weighted by Gasteiger charge is 2.14. The molecule has 0 aliphatic rings. The standard InChI is InChI=1S/C14H16BrN5O2S/c1-8-3-4-11(10(15)5-8)17-13(22)7-23-14-19-18-9(2)20(14)6-12(16)21/h3-5H,6-7H2,1-2H3,(H2,16,21)(H,17,22). The van der Waals surface area contributed by atoms with Crippen molar-refractivity contribution >= 4 is 45.2 Å². The zero-order valence-corrected chi connectivity index (χ0v) is 15.1. The van der Waals surface area contributed by atoms with Crippen LogP contribution in [0.3, 0.4) is 0 Å². The number of aromatic nitrogens is 3. The van der Waals surface area contributed by atoms with Gasteiger partial charge in [-0.25, -0.2) is 0 Å². The summed E-state index contributed by atoms with van der Waals surface area (Å²) in [6.45, 7) is 3.69. The van der Waals surface area contributed by atoms with Crippen LogP contribution < -0.4 is 11.1 Å². The van der Waals surface area contributed by atoms with E-state index in [1.165, 1.54) is 11.8 Å². The van der Waals surface area contributed by atoms with E-state index in [1.54, 1.807) is 11.5 Å². The van der Waals surface area contributed by atoms with Crippen LogP contribution in [0.2, 0.25) is 0 Å². The number of hydrogen-bond acceptors (Lipinski definition) is 5. The van der Waals surface area contributed by atoms with Crippen molar-refractivity contribution in [1.29, 1.82) is 0 Å². The molecule has 2 rings (SSSR count). The van der Waals surface area contributed by atoms with Crippen molar-refractivity contribution < 1.29 is 9.59 Å². The number of nitrogens with two attached hydrogens (primary N) is 1. The minimum Gasteiger partial charge on any atom is -0.368 e. The molecule has 23 heavy (non-hydrogen) atoms. The molecule has 0 saturated carbocycles. The average molecular weight is 398 g/mol. The molecule has 7 nitrogen and oxygen atoms in total. The Hall–Kier alpha value is -1.87. The van der Waals surface area contributed by atoms with Gasteiger partial charge in [0.05, 0.1) is 11.4 Å². The van der Waals surface area contributed by atoms with Crippen molar-refractivity contribution in [1.82, 2.24) is 14.8 Å². The molecule has 0 bridgehead atoms. The summed E-state index contributed by atoms with van der Waals surface area (Å²) in [6, 6.07) is 5.68. The van der Waals surface area contributed by atoms with Crippen LogP contribution in [0.1, 0.15) is 11.4 Å². The number of nitrogens with one attached hydrogen (secondary N) is 1. The molecule has 0 aliphatic heterocycles. The Balaban J connectivity index is 1.98. The Labute approximate surface area is 146 Å². The molecule has 0 spiro atoms. The van der Waals surface area contributed by atoms with Gasteiger partial charge >= 0.3 is 0 Å². The van der Waals surface area contributed by atoms with E-state index in [2.05, 4.69) is 31.4 Å². The Kier molecular flexibility index (Phi) is 5.78. The van der Waals surface area contributed by atoms with Gasteiger partial charge in [0.2, 0.25) is 11.8 Å². The number of carbonyl (C=O) groups is 2. The third-order valence-corrected chi connectivity index (χ3v) is 4.57. The van der Waals surface area contributed by atoms with Crippen LogP contribution in [0.15, 0.2) is 27.8 Å². The zero-order chi connectivity index (χ0) is 17.0. The van der Waals surface area contributed by atoms with Crippen molar-refractivity contribution in [3.05, 3.63) is 34.1 Å². The van der Waals surface area contributed by atoms with Crippen molar-refractivity contribution in [2.75, 3.05) is 11.1 Å². The summed E-state index contributed by atoms with van der Waals surface area (Å²) in [4.78, 5) is 23.1. The summed E-state index contributed by atoms with van der Waals surface area (Å²) < 4.78 is 2.41. The molecule has 2 aromatic rings. The third kappa shape index (κ3) is 4.80. The predicted octanol–water partition coefficient (Wildman–Crippen LogP) is 1.87. The minimum absolute atomic E-state index is 0.00764. The number of carbonyl (C=O) groups excluding carboxylic acids is 2. The number of primary amides is 1. The fourth-order valence-electron chi connectivity index (χ4n) is 1.84. The zero-order valence-electron chi connectivity index (χ0n) is 12.7. The molecule has 0 fully saturated rings. The number of rotatable bonds is 6. The first-order valence-electron chi connectivity index (χ1n) is 6.73. The number of nitrogens with zero attached hydrogens (tertiary/aromatic N) is 3. The second-order valence-electron chi connectivity index (χ2n) is 4.90. The van der Waals surface area contributed by atoms with E-state index in [9.17, 15) is 9.59 Å². The molecule has 1 aromatic carbocycles. The van der Waals surface area contributed by atoms with Gasteiger partial charge in [-0.1, -0.05) is 17.8 Å². The highest BCUT2D eigenvalue weighted by atomic mass is 79.9. The summed E-state index contributed by atoms with van der Waals surface area (Å²) in [7, 11) is 0. The summed E-state index contributed by atoms with van der Waals surface area (Å²) in [5, 5.41) is 11.2. The lowest BCUT2D eigenvalue weighted by atomic mass is 10.2. The summed E-state index contributed by atoms with van der Waals surface area (Å²) in [6.07, 6.45) is 0. The molecule has 0 radical (unpaired) electrons. The summed E-state index contributed by atoms with van der Waals surface area (Å²) in [5.74, 6) is 0.0682. The molecule has 0 saturated heterocycles. The van der Waals surface area contributed by atoms with Crippen molar-refractivity contribution in [3.8, 4) is 0 Å². The largest absolute Gasteiger partial charge is 0.368 e. The van der Waals surface area contributed by atoms with Gasteiger partial charge in [0.15, 0.2) is 5.16 Å². The van der Waals surface area contributed by atoms with Gasteiger partial charge < -0.3 is 11.1 Å². The minimum atomic E-state index is -0.484. The van der Waals surface area contributed by atoms with E-state index in [0.717, 1.165) is 10.0 Å². The lowest BCUT2D eigenvalue weighted by Gasteiger charge is -2.08. The van der Waals surface area contributed by atoms with Crippen molar-refractivity contribution in [3.63, 3.8) is 0 Å². The molecule has 2 amide bonds. The van der Waals surface area contributed by atoms with Gasteiger partial charge in [-0.05, 0) is 47.5 Å². The van der Waals surface area contributed by atoms with E-state index in [4.69, 9.17) is 5.73 Å². The number of halogens is 1. The number of anilines is 1. The summed E-state index contributed by atoms with van der Waals surface area (Å²) >= 11 is 4.61. The molecule has 1 heterocycles. The van der Waals surface area contributed by atoms with Crippen LogP contribution in [0.5, 0.6) is 0 Å². The molecule has 0 aliphatic carbocycles. The number of benzene rings is 1. The van der Waals surface area contributed by atoms with Crippen molar-refractivity contribution in [2.45, 2.75) is 25.5 Å². The lowest BCUT2D eigenvalue weighted by Crippen LogP contribution is -2.20. The van der Waals surface area contributed by atoms with Crippen LogP contribution in [-0.4, -0.2) is 32.3 Å². The molecular weight excluding hydrogens is 382 g/mol. The van der Waals surface area contributed by atoms with Crippen LogP contribution in [-0.2, 0) is 16.1 Å². The number of aryl methyl sites for hydroxylation is 2. The van der Waals surface area contributed by atoms with Gasteiger partial charge in [-0.2, -0.15) is 0 Å². The molecule has 3 N–H and O–H groups in total. The van der Waals surface area contributed by atoms with E-state index in [1.807, 2.05) is 25.1 Å². The SMILES string of the molecule is Cc1ccc(NC(=O)CSc2nnc(C)n2CC(N)=O)c(Br)c1. The molecule has 9 heteroatoms. The Morgan fingerprint density at radius 3 is 2.74 bits per heavy atom. The molecular formula is C14H16BrN5O2S. The third-order valence-electron chi connectivity index (χ3n) is 2.95. The van der Waals surface area contributed by atoms with E-state index < -0.39 is 5.91 Å².